The highest BCUT2D eigenvalue weighted by molar-refractivity contribution is 5.56. The predicted molar refractivity (Wildman–Crippen MR) is 84.0 cm³/mol. The summed E-state index contributed by atoms with van der Waals surface area (Å²) in [6.07, 6.45) is 2.51. The molecule has 0 saturated heterocycles. The van der Waals surface area contributed by atoms with Gasteiger partial charge in [0, 0.05) is 24.8 Å². The number of rotatable bonds is 4. The molecular weight excluding hydrogens is 232 g/mol. The van der Waals surface area contributed by atoms with Crippen LogP contribution < -0.4 is 10.2 Å². The number of aryl methyl sites for hydroxylation is 2. The molecule has 0 amide bonds. The number of hydrogen-bond donors (Lipinski definition) is 1. The molecule has 1 atom stereocenters. The molecule has 0 radical (unpaired) electrons. The van der Waals surface area contributed by atoms with E-state index in [1.807, 2.05) is 0 Å². The number of nitrogens with one attached hydrogen (secondary N) is 1. The van der Waals surface area contributed by atoms with Crippen molar-refractivity contribution in [3.05, 3.63) is 29.3 Å². The molecule has 1 aliphatic heterocycles. The van der Waals surface area contributed by atoms with Crippen molar-refractivity contribution in [2.75, 3.05) is 25.0 Å². The molecule has 2 rings (SSSR count). The summed E-state index contributed by atoms with van der Waals surface area (Å²) in [5, 5.41) is 3.40. The molecule has 1 heterocycles. The minimum absolute atomic E-state index is 0.272. The average Bonchev–Trinajstić information content (AvgIpc) is 2.37. The van der Waals surface area contributed by atoms with Crippen LogP contribution in [-0.4, -0.2) is 26.2 Å². The Morgan fingerprint density at radius 2 is 2.11 bits per heavy atom. The van der Waals surface area contributed by atoms with Crippen molar-refractivity contribution in [3.8, 4) is 0 Å². The van der Waals surface area contributed by atoms with Gasteiger partial charge in [0.2, 0.25) is 0 Å². The van der Waals surface area contributed by atoms with Gasteiger partial charge in [0.25, 0.3) is 0 Å². The van der Waals surface area contributed by atoms with Gasteiger partial charge in [-0.25, -0.2) is 0 Å². The van der Waals surface area contributed by atoms with E-state index in [1.54, 1.807) is 0 Å². The van der Waals surface area contributed by atoms with Crippen LogP contribution >= 0.6 is 0 Å². The second kappa shape index (κ2) is 5.54. The second-order valence-corrected chi connectivity index (χ2v) is 6.66. The summed E-state index contributed by atoms with van der Waals surface area (Å²) in [5.41, 5.74) is 4.63. The molecule has 2 nitrogen and oxygen atoms in total. The average molecular weight is 260 g/mol. The highest BCUT2D eigenvalue weighted by Crippen LogP contribution is 2.32. The van der Waals surface area contributed by atoms with Crippen LogP contribution in [0.1, 0.15) is 38.3 Å². The predicted octanol–water partition coefficient (Wildman–Crippen LogP) is 3.38. The molecule has 0 spiro atoms. The molecule has 0 aliphatic carbocycles. The van der Waals surface area contributed by atoms with Crippen LogP contribution in [0.15, 0.2) is 18.2 Å². The van der Waals surface area contributed by atoms with Crippen LogP contribution in [0.2, 0.25) is 0 Å². The SMILES string of the molecule is CNC(C)C(C)(C)CN1CCCc2cc(C)ccc21. The standard InChI is InChI=1S/C17H28N2/c1-13-8-9-16-15(11-13)7-6-10-19(16)12-17(3,4)14(2)18-5/h8-9,11,14,18H,6-7,10,12H2,1-5H3. The van der Waals surface area contributed by atoms with Gasteiger partial charge in [-0.3, -0.25) is 0 Å². The lowest BCUT2D eigenvalue weighted by Crippen LogP contribution is -2.47. The lowest BCUT2D eigenvalue weighted by atomic mass is 9.84. The van der Waals surface area contributed by atoms with Gasteiger partial charge in [-0.05, 0) is 50.8 Å². The molecule has 1 N–H and O–H groups in total. The fraction of sp³-hybridized carbons (Fsp3) is 0.647. The third-order valence-electron chi connectivity index (χ3n) is 4.65. The fourth-order valence-corrected chi connectivity index (χ4v) is 2.99. The van der Waals surface area contributed by atoms with E-state index in [2.05, 4.69) is 63.2 Å². The van der Waals surface area contributed by atoms with E-state index in [0.29, 0.717) is 6.04 Å². The maximum atomic E-state index is 3.40. The van der Waals surface area contributed by atoms with Crippen LogP contribution in [0.5, 0.6) is 0 Å². The van der Waals surface area contributed by atoms with Crippen molar-refractivity contribution in [2.45, 2.75) is 46.6 Å². The maximum absolute atomic E-state index is 3.40. The molecule has 0 saturated carbocycles. The van der Waals surface area contributed by atoms with Crippen molar-refractivity contribution >= 4 is 5.69 Å². The molecule has 106 valence electrons. The summed E-state index contributed by atoms with van der Waals surface area (Å²) in [4.78, 5) is 2.58. The Kier molecular flexibility index (Phi) is 4.19. The van der Waals surface area contributed by atoms with Crippen LogP contribution in [-0.2, 0) is 6.42 Å². The zero-order valence-electron chi connectivity index (χ0n) is 13.1. The minimum Gasteiger partial charge on any atom is -0.371 e. The molecule has 2 heteroatoms. The molecule has 1 unspecified atom stereocenters. The summed E-state index contributed by atoms with van der Waals surface area (Å²) in [7, 11) is 2.06. The first kappa shape index (κ1) is 14.4. The summed E-state index contributed by atoms with van der Waals surface area (Å²) < 4.78 is 0. The lowest BCUT2D eigenvalue weighted by Gasteiger charge is -2.40. The van der Waals surface area contributed by atoms with E-state index in [1.165, 1.54) is 36.2 Å². The van der Waals surface area contributed by atoms with Crippen molar-refractivity contribution < 1.29 is 0 Å². The Morgan fingerprint density at radius 1 is 1.37 bits per heavy atom. The summed E-state index contributed by atoms with van der Waals surface area (Å²) in [5.74, 6) is 0. The number of fused-ring (bicyclic) bond motifs is 1. The fourth-order valence-electron chi connectivity index (χ4n) is 2.99. The first-order valence-electron chi connectivity index (χ1n) is 7.46. The van der Waals surface area contributed by atoms with Gasteiger partial charge in [0.15, 0.2) is 0 Å². The van der Waals surface area contributed by atoms with E-state index < -0.39 is 0 Å². The smallest absolute Gasteiger partial charge is 0.0399 e. The van der Waals surface area contributed by atoms with Crippen LogP contribution in [0, 0.1) is 12.3 Å². The quantitative estimate of drug-likeness (QED) is 0.893. The van der Waals surface area contributed by atoms with Gasteiger partial charge in [0.05, 0.1) is 0 Å². The molecule has 0 bridgehead atoms. The van der Waals surface area contributed by atoms with Gasteiger partial charge in [-0.15, -0.1) is 0 Å². The van der Waals surface area contributed by atoms with Crippen molar-refractivity contribution in [3.63, 3.8) is 0 Å². The summed E-state index contributed by atoms with van der Waals surface area (Å²) >= 11 is 0. The largest absolute Gasteiger partial charge is 0.371 e. The molecule has 19 heavy (non-hydrogen) atoms. The zero-order valence-corrected chi connectivity index (χ0v) is 13.1. The Morgan fingerprint density at radius 3 is 2.79 bits per heavy atom. The Hall–Kier alpha value is -1.02. The Bertz CT molecular complexity index is 437. The third kappa shape index (κ3) is 3.11. The van der Waals surface area contributed by atoms with Gasteiger partial charge in [-0.2, -0.15) is 0 Å². The van der Waals surface area contributed by atoms with Crippen LogP contribution in [0.25, 0.3) is 0 Å². The molecule has 1 aromatic carbocycles. The Labute approximate surface area is 118 Å². The molecular formula is C17H28N2. The van der Waals surface area contributed by atoms with E-state index in [9.17, 15) is 0 Å². The van der Waals surface area contributed by atoms with Crippen molar-refractivity contribution in [2.24, 2.45) is 5.41 Å². The van der Waals surface area contributed by atoms with E-state index >= 15 is 0 Å². The number of nitrogens with zero attached hydrogens (tertiary/aromatic N) is 1. The number of benzene rings is 1. The second-order valence-electron chi connectivity index (χ2n) is 6.66. The lowest BCUT2D eigenvalue weighted by molar-refractivity contribution is 0.270. The first-order valence-corrected chi connectivity index (χ1v) is 7.46. The van der Waals surface area contributed by atoms with Crippen molar-refractivity contribution in [1.29, 1.82) is 0 Å². The number of hydrogen-bond acceptors (Lipinski definition) is 2. The van der Waals surface area contributed by atoms with Gasteiger partial charge < -0.3 is 10.2 Å². The molecule has 0 aromatic heterocycles. The highest BCUT2D eigenvalue weighted by Gasteiger charge is 2.29. The van der Waals surface area contributed by atoms with Gasteiger partial charge >= 0.3 is 0 Å². The Balaban J connectivity index is 2.20. The van der Waals surface area contributed by atoms with E-state index in [-0.39, 0.29) is 5.41 Å². The van der Waals surface area contributed by atoms with E-state index in [4.69, 9.17) is 0 Å². The van der Waals surface area contributed by atoms with Crippen LogP contribution in [0.3, 0.4) is 0 Å². The minimum atomic E-state index is 0.272. The molecule has 0 fully saturated rings. The van der Waals surface area contributed by atoms with Crippen LogP contribution in [0.4, 0.5) is 5.69 Å². The van der Waals surface area contributed by atoms with Crippen molar-refractivity contribution in [1.82, 2.24) is 5.32 Å². The zero-order chi connectivity index (χ0) is 14.0. The number of anilines is 1. The highest BCUT2D eigenvalue weighted by atomic mass is 15.1. The third-order valence-corrected chi connectivity index (χ3v) is 4.65. The molecule has 1 aliphatic rings. The monoisotopic (exact) mass is 260 g/mol. The molecule has 1 aromatic rings. The maximum Gasteiger partial charge on any atom is 0.0399 e. The summed E-state index contributed by atoms with van der Waals surface area (Å²) in [6, 6.07) is 7.43. The summed E-state index contributed by atoms with van der Waals surface area (Å²) in [6.45, 7) is 11.5. The van der Waals surface area contributed by atoms with Gasteiger partial charge in [0.1, 0.15) is 0 Å². The first-order chi connectivity index (χ1) is 8.94. The normalized spacial score (nSPS) is 17.2. The van der Waals surface area contributed by atoms with E-state index in [0.717, 1.165) is 6.54 Å². The topological polar surface area (TPSA) is 15.3 Å². The van der Waals surface area contributed by atoms with Gasteiger partial charge in [-0.1, -0.05) is 31.5 Å².